The lowest BCUT2D eigenvalue weighted by Gasteiger charge is -2.21. The number of amides is 3. The second kappa shape index (κ2) is 7.67. The zero-order chi connectivity index (χ0) is 20.4. The van der Waals surface area contributed by atoms with Gasteiger partial charge < -0.3 is 20.8 Å². The van der Waals surface area contributed by atoms with Crippen LogP contribution in [0.2, 0.25) is 0 Å². The van der Waals surface area contributed by atoms with E-state index in [4.69, 9.17) is 10.2 Å². The van der Waals surface area contributed by atoms with Crippen LogP contribution in [0.4, 0.5) is 14.9 Å². The number of urea groups is 1. The number of hydrogen-bond acceptors (Lipinski definition) is 4. The highest BCUT2D eigenvalue weighted by atomic mass is 19.1. The van der Waals surface area contributed by atoms with Gasteiger partial charge in [0.15, 0.2) is 0 Å². The minimum atomic E-state index is -0.646. The molecule has 0 aliphatic heterocycles. The van der Waals surface area contributed by atoms with E-state index in [9.17, 15) is 14.0 Å². The number of nitrogens with zero attached hydrogens (tertiary/aromatic N) is 1. The van der Waals surface area contributed by atoms with E-state index in [1.54, 1.807) is 6.07 Å². The number of nitrogens with one attached hydrogen (secondary N) is 2. The Morgan fingerprint density at radius 1 is 1.21 bits per heavy atom. The number of rotatable bonds is 5. The van der Waals surface area contributed by atoms with E-state index in [1.807, 2.05) is 20.8 Å². The highest BCUT2D eigenvalue weighted by Gasteiger charge is 2.25. The predicted octanol–water partition coefficient (Wildman–Crippen LogP) is 3.89. The fourth-order valence-electron chi connectivity index (χ4n) is 2.97. The summed E-state index contributed by atoms with van der Waals surface area (Å²) in [4.78, 5) is 27.4. The Hall–Kier alpha value is -3.42. The molecule has 3 rings (SSSR count). The second-order valence-electron chi connectivity index (χ2n) is 6.85. The van der Waals surface area contributed by atoms with Gasteiger partial charge in [-0.3, -0.25) is 4.79 Å². The number of furan rings is 1. The number of pyridine rings is 1. The first-order valence-electron chi connectivity index (χ1n) is 8.78. The van der Waals surface area contributed by atoms with Gasteiger partial charge >= 0.3 is 6.03 Å². The lowest BCUT2D eigenvalue weighted by atomic mass is 9.98. The molecule has 1 atom stereocenters. The van der Waals surface area contributed by atoms with Crippen molar-refractivity contribution in [3.63, 3.8) is 0 Å². The van der Waals surface area contributed by atoms with Crippen LogP contribution in [0.25, 0.3) is 11.0 Å². The van der Waals surface area contributed by atoms with Crippen LogP contribution in [0.1, 0.15) is 41.7 Å². The van der Waals surface area contributed by atoms with E-state index >= 15 is 0 Å². The Morgan fingerprint density at radius 2 is 1.96 bits per heavy atom. The number of primary amides is 1. The number of halogens is 1. The summed E-state index contributed by atoms with van der Waals surface area (Å²) < 4.78 is 19.5. The molecule has 7 nitrogen and oxygen atoms in total. The van der Waals surface area contributed by atoms with Gasteiger partial charge in [-0.25, -0.2) is 14.2 Å². The number of aromatic nitrogens is 1. The lowest BCUT2D eigenvalue weighted by Crippen LogP contribution is -2.35. The van der Waals surface area contributed by atoms with Gasteiger partial charge in [-0.1, -0.05) is 13.8 Å². The predicted molar refractivity (Wildman–Crippen MR) is 103 cm³/mol. The fraction of sp³-hybridized carbons (Fsp3) is 0.250. The first-order chi connectivity index (χ1) is 13.3. The summed E-state index contributed by atoms with van der Waals surface area (Å²) in [5, 5.41) is 6.21. The molecular formula is C20H21FN4O3. The standard InChI is InChI=1S/C20H21FN4O3/c1-10(2)17(18-11(3)14-8-12(21)4-7-16(14)28-18)25-20(27)24-13-5-6-15(19(22)26)23-9-13/h4-10,17H,1-3H3,(H2,22,26)(H2,24,25,27)/t17-/m0/s1. The van der Waals surface area contributed by atoms with Gasteiger partial charge in [0.1, 0.15) is 22.9 Å². The third kappa shape index (κ3) is 3.95. The molecule has 0 radical (unpaired) electrons. The third-order valence-corrected chi connectivity index (χ3v) is 4.44. The molecule has 28 heavy (non-hydrogen) atoms. The molecule has 0 saturated heterocycles. The zero-order valence-electron chi connectivity index (χ0n) is 15.7. The normalized spacial score (nSPS) is 12.2. The molecule has 1 aromatic carbocycles. The average Bonchev–Trinajstić information content (AvgIpc) is 2.96. The van der Waals surface area contributed by atoms with E-state index in [0.717, 1.165) is 5.56 Å². The largest absolute Gasteiger partial charge is 0.459 e. The minimum absolute atomic E-state index is 0.0187. The molecule has 8 heteroatoms. The maximum Gasteiger partial charge on any atom is 0.319 e. The number of nitrogens with two attached hydrogens (primary N) is 1. The molecule has 0 aliphatic carbocycles. The average molecular weight is 384 g/mol. The van der Waals surface area contributed by atoms with Crippen LogP contribution in [0, 0.1) is 18.7 Å². The number of anilines is 1. The molecule has 3 amide bonds. The van der Waals surface area contributed by atoms with Crippen LogP contribution in [0.3, 0.4) is 0 Å². The van der Waals surface area contributed by atoms with Crippen molar-refractivity contribution in [3.05, 3.63) is 59.4 Å². The Kier molecular flexibility index (Phi) is 5.30. The van der Waals surface area contributed by atoms with Crippen LogP contribution >= 0.6 is 0 Å². The van der Waals surface area contributed by atoms with Crippen molar-refractivity contribution in [2.24, 2.45) is 11.7 Å². The number of aryl methyl sites for hydroxylation is 1. The van der Waals surface area contributed by atoms with Crippen molar-refractivity contribution >= 4 is 28.6 Å². The number of carbonyl (C=O) groups is 2. The molecule has 4 N–H and O–H groups in total. The van der Waals surface area contributed by atoms with Gasteiger partial charge in [-0.15, -0.1) is 0 Å². The van der Waals surface area contributed by atoms with Crippen LogP contribution in [-0.4, -0.2) is 16.9 Å². The molecule has 0 fully saturated rings. The van der Waals surface area contributed by atoms with Crippen molar-refractivity contribution in [1.82, 2.24) is 10.3 Å². The van der Waals surface area contributed by atoms with Gasteiger partial charge in [0, 0.05) is 10.9 Å². The summed E-state index contributed by atoms with van der Waals surface area (Å²) in [6.45, 7) is 5.73. The van der Waals surface area contributed by atoms with Crippen molar-refractivity contribution in [2.45, 2.75) is 26.8 Å². The van der Waals surface area contributed by atoms with Gasteiger partial charge in [0.05, 0.1) is 17.9 Å². The molecule has 2 aromatic heterocycles. The van der Waals surface area contributed by atoms with Crippen molar-refractivity contribution in [1.29, 1.82) is 0 Å². The molecule has 0 spiro atoms. The molecule has 146 valence electrons. The molecule has 3 aromatic rings. The second-order valence-corrected chi connectivity index (χ2v) is 6.85. The number of fused-ring (bicyclic) bond motifs is 1. The maximum atomic E-state index is 13.6. The first-order valence-corrected chi connectivity index (χ1v) is 8.78. The number of benzene rings is 1. The quantitative estimate of drug-likeness (QED) is 0.620. The van der Waals surface area contributed by atoms with E-state index in [0.29, 0.717) is 22.4 Å². The smallest absolute Gasteiger partial charge is 0.319 e. The van der Waals surface area contributed by atoms with Crippen LogP contribution in [0.5, 0.6) is 0 Å². The van der Waals surface area contributed by atoms with E-state index in [1.165, 1.54) is 30.5 Å². The molecular weight excluding hydrogens is 363 g/mol. The third-order valence-electron chi connectivity index (χ3n) is 4.44. The van der Waals surface area contributed by atoms with E-state index in [2.05, 4.69) is 15.6 Å². The molecule has 0 aliphatic rings. The van der Waals surface area contributed by atoms with Crippen molar-refractivity contribution < 1.29 is 18.4 Å². The monoisotopic (exact) mass is 384 g/mol. The van der Waals surface area contributed by atoms with Crippen LogP contribution < -0.4 is 16.4 Å². The van der Waals surface area contributed by atoms with E-state index < -0.39 is 18.0 Å². The summed E-state index contributed by atoms with van der Waals surface area (Å²) in [5.41, 5.74) is 7.01. The lowest BCUT2D eigenvalue weighted by molar-refractivity contribution is 0.0995. The van der Waals surface area contributed by atoms with Crippen molar-refractivity contribution in [2.75, 3.05) is 5.32 Å². The maximum absolute atomic E-state index is 13.6. The Labute approximate surface area is 161 Å². The summed E-state index contributed by atoms with van der Waals surface area (Å²) in [6.07, 6.45) is 1.35. The van der Waals surface area contributed by atoms with E-state index in [-0.39, 0.29) is 17.4 Å². The first kappa shape index (κ1) is 19.3. The number of hydrogen-bond donors (Lipinski definition) is 3. The summed E-state index contributed by atoms with van der Waals surface area (Å²) in [5.74, 6) is -0.396. The van der Waals surface area contributed by atoms with Crippen molar-refractivity contribution in [3.8, 4) is 0 Å². The summed E-state index contributed by atoms with van der Waals surface area (Å²) in [7, 11) is 0. The minimum Gasteiger partial charge on any atom is -0.459 e. The number of carbonyl (C=O) groups excluding carboxylic acids is 2. The summed E-state index contributed by atoms with van der Waals surface area (Å²) in [6, 6.07) is 6.41. The fourth-order valence-corrected chi connectivity index (χ4v) is 2.97. The van der Waals surface area contributed by atoms with Gasteiger partial charge in [0.25, 0.3) is 5.91 Å². The highest BCUT2D eigenvalue weighted by Crippen LogP contribution is 2.33. The molecule has 0 unspecified atom stereocenters. The Bertz CT molecular complexity index is 1030. The van der Waals surface area contributed by atoms with Gasteiger partial charge in [0.2, 0.25) is 0 Å². The van der Waals surface area contributed by atoms with Gasteiger partial charge in [-0.2, -0.15) is 0 Å². The van der Waals surface area contributed by atoms with Gasteiger partial charge in [-0.05, 0) is 43.2 Å². The topological polar surface area (TPSA) is 110 Å². The zero-order valence-corrected chi connectivity index (χ0v) is 15.7. The molecule has 2 heterocycles. The Morgan fingerprint density at radius 3 is 2.57 bits per heavy atom. The summed E-state index contributed by atoms with van der Waals surface area (Å²) >= 11 is 0. The SMILES string of the molecule is Cc1c([C@@H](NC(=O)Nc2ccc(C(N)=O)nc2)C(C)C)oc2ccc(F)cc12. The van der Waals surface area contributed by atoms with Crippen LogP contribution in [-0.2, 0) is 0 Å². The van der Waals surface area contributed by atoms with Crippen LogP contribution in [0.15, 0.2) is 40.9 Å². The molecule has 0 saturated carbocycles. The Balaban J connectivity index is 1.80. The molecule has 0 bridgehead atoms. The highest BCUT2D eigenvalue weighted by molar-refractivity contribution is 5.92.